The van der Waals surface area contributed by atoms with E-state index in [1.54, 1.807) is 6.08 Å². The SMILES string of the molecule is C/C=C/CC/C=C/CC/C=C/C(O)C(COP(=O)(O)OC1C(O)C(O)C(O)C(O)C1O)NC(=O)CC(O)CCCCC/C=C\CCCCC. The molecule has 9 N–H and O–H groups in total. The molecule has 1 rings (SSSR count). The minimum atomic E-state index is -5.14. The fourth-order valence-corrected chi connectivity index (χ4v) is 6.18. The van der Waals surface area contributed by atoms with Crippen molar-refractivity contribution in [2.24, 2.45) is 0 Å². The van der Waals surface area contributed by atoms with Crippen molar-refractivity contribution in [2.75, 3.05) is 6.61 Å². The number of hydrogen-bond donors (Lipinski definition) is 9. The predicted octanol–water partition coefficient (Wildman–Crippen LogP) is 3.24. The Morgan fingerprint density at radius 3 is 1.88 bits per heavy atom. The summed E-state index contributed by atoms with van der Waals surface area (Å²) in [6, 6.07) is -1.26. The van der Waals surface area contributed by atoms with Crippen LogP contribution < -0.4 is 5.32 Å². The fraction of sp³-hybridized carbons (Fsp3) is 0.743. The monoisotopic (exact) mass is 719 g/mol. The lowest BCUT2D eigenvalue weighted by atomic mass is 9.85. The van der Waals surface area contributed by atoms with Crippen molar-refractivity contribution in [3.8, 4) is 0 Å². The Kier molecular flexibility index (Phi) is 24.1. The molecule has 8 atom stereocenters. The second kappa shape index (κ2) is 26.1. The van der Waals surface area contributed by atoms with Gasteiger partial charge in [-0.1, -0.05) is 81.2 Å². The summed E-state index contributed by atoms with van der Waals surface area (Å²) < 4.78 is 22.6. The van der Waals surface area contributed by atoms with E-state index in [1.807, 2.05) is 19.1 Å². The second-order valence-corrected chi connectivity index (χ2v) is 13.9. The largest absolute Gasteiger partial charge is 0.472 e. The zero-order chi connectivity index (χ0) is 36.7. The Morgan fingerprint density at radius 2 is 1.29 bits per heavy atom. The van der Waals surface area contributed by atoms with E-state index in [-0.39, 0.29) is 6.42 Å². The lowest BCUT2D eigenvalue weighted by molar-refractivity contribution is -0.220. The van der Waals surface area contributed by atoms with Crippen molar-refractivity contribution in [2.45, 2.75) is 159 Å². The molecule has 49 heavy (non-hydrogen) atoms. The number of rotatable bonds is 26. The third kappa shape index (κ3) is 19.4. The van der Waals surface area contributed by atoms with Gasteiger partial charge in [-0.3, -0.25) is 13.8 Å². The number of allylic oxidation sites excluding steroid dienone is 7. The molecule has 0 radical (unpaired) electrons. The number of amides is 1. The van der Waals surface area contributed by atoms with Gasteiger partial charge in [0.05, 0.1) is 31.3 Å². The Morgan fingerprint density at radius 1 is 0.755 bits per heavy atom. The van der Waals surface area contributed by atoms with Crippen LogP contribution in [0, 0.1) is 0 Å². The van der Waals surface area contributed by atoms with Gasteiger partial charge in [0.2, 0.25) is 5.91 Å². The maximum absolute atomic E-state index is 12.8. The standard InChI is InChI=1S/C35H62NO12P/c1-3-5-7-9-11-13-15-16-18-20-22-26(37)24-29(39)36-27(28(38)23-21-19-17-14-12-10-8-6-4-2)25-47-49(45,46)48-35-33(43)31(41)30(40)32(42)34(35)44/h4,6,11-14,21,23,26-28,30-35,37-38,40-44H,3,5,7-10,15-20,22,24-25H2,1-2H3,(H,36,39)(H,45,46)/b6-4+,13-11-,14-12+,23-21+. The first-order chi connectivity index (χ1) is 23.3. The van der Waals surface area contributed by atoms with Crippen molar-refractivity contribution in [3.63, 3.8) is 0 Å². The first-order valence-electron chi connectivity index (χ1n) is 17.6. The van der Waals surface area contributed by atoms with Crippen LogP contribution in [0.2, 0.25) is 0 Å². The summed E-state index contributed by atoms with van der Waals surface area (Å²) in [6.45, 7) is 3.37. The molecule has 0 saturated heterocycles. The average Bonchev–Trinajstić information content (AvgIpc) is 3.06. The van der Waals surface area contributed by atoms with E-state index in [0.29, 0.717) is 19.3 Å². The highest BCUT2D eigenvalue weighted by Gasteiger charge is 2.51. The summed E-state index contributed by atoms with van der Waals surface area (Å²) in [5, 5.41) is 73.7. The molecule has 0 aliphatic heterocycles. The molecule has 0 heterocycles. The normalized spacial score (nSPS) is 26.5. The van der Waals surface area contributed by atoms with Gasteiger partial charge in [0.25, 0.3) is 0 Å². The van der Waals surface area contributed by atoms with E-state index < -0.39 is 75.2 Å². The van der Waals surface area contributed by atoms with Crippen molar-refractivity contribution in [3.05, 3.63) is 48.6 Å². The molecule has 1 fully saturated rings. The molecule has 0 aromatic heterocycles. The molecule has 1 aliphatic rings. The van der Waals surface area contributed by atoms with Crippen LogP contribution in [0.3, 0.4) is 0 Å². The molecular formula is C35H62NO12P. The number of carbonyl (C=O) groups excluding carboxylic acids is 1. The van der Waals surface area contributed by atoms with E-state index in [9.17, 15) is 50.0 Å². The molecule has 284 valence electrons. The molecule has 1 amide bonds. The summed E-state index contributed by atoms with van der Waals surface area (Å²) >= 11 is 0. The highest BCUT2D eigenvalue weighted by Crippen LogP contribution is 2.47. The summed E-state index contributed by atoms with van der Waals surface area (Å²) in [4.78, 5) is 23.1. The molecule has 13 nitrogen and oxygen atoms in total. The van der Waals surface area contributed by atoms with Crippen molar-refractivity contribution in [1.29, 1.82) is 0 Å². The molecule has 0 bridgehead atoms. The highest BCUT2D eigenvalue weighted by molar-refractivity contribution is 7.47. The quantitative estimate of drug-likeness (QED) is 0.0357. The van der Waals surface area contributed by atoms with Crippen LogP contribution in [-0.2, 0) is 18.4 Å². The lowest BCUT2D eigenvalue weighted by Crippen LogP contribution is -2.64. The number of phosphoric acid groups is 1. The van der Waals surface area contributed by atoms with Crippen molar-refractivity contribution < 1.29 is 59.0 Å². The van der Waals surface area contributed by atoms with Gasteiger partial charge in [-0.2, -0.15) is 0 Å². The molecule has 14 heteroatoms. The fourth-order valence-electron chi connectivity index (χ4n) is 5.21. The van der Waals surface area contributed by atoms with Gasteiger partial charge in [-0.15, -0.1) is 0 Å². The topological polar surface area (TPSA) is 226 Å². The van der Waals surface area contributed by atoms with E-state index in [4.69, 9.17) is 9.05 Å². The van der Waals surface area contributed by atoms with Crippen molar-refractivity contribution >= 4 is 13.7 Å². The summed E-state index contributed by atoms with van der Waals surface area (Å²) in [5.41, 5.74) is 0. The van der Waals surface area contributed by atoms with E-state index >= 15 is 0 Å². The lowest BCUT2D eigenvalue weighted by Gasteiger charge is -2.41. The van der Waals surface area contributed by atoms with E-state index in [1.165, 1.54) is 25.3 Å². The third-order valence-corrected chi connectivity index (χ3v) is 9.19. The number of phosphoric ester groups is 1. The number of unbranched alkanes of at least 4 members (excludes halogenated alkanes) is 8. The first-order valence-corrected chi connectivity index (χ1v) is 19.1. The van der Waals surface area contributed by atoms with Gasteiger partial charge in [0, 0.05) is 0 Å². The second-order valence-electron chi connectivity index (χ2n) is 12.5. The van der Waals surface area contributed by atoms with Crippen LogP contribution in [0.15, 0.2) is 48.6 Å². The molecule has 0 aromatic rings. The first kappa shape index (κ1) is 45.3. The van der Waals surface area contributed by atoms with Crippen LogP contribution in [0.4, 0.5) is 0 Å². The van der Waals surface area contributed by atoms with Gasteiger partial charge < -0.3 is 46.0 Å². The predicted molar refractivity (Wildman–Crippen MR) is 187 cm³/mol. The Labute approximate surface area is 291 Å². The molecular weight excluding hydrogens is 657 g/mol. The number of carbonyl (C=O) groups is 1. The van der Waals surface area contributed by atoms with Crippen molar-refractivity contribution in [1.82, 2.24) is 5.32 Å². The van der Waals surface area contributed by atoms with Crippen LogP contribution in [0.1, 0.15) is 104 Å². The molecule has 0 spiro atoms. The average molecular weight is 720 g/mol. The number of nitrogens with one attached hydrogen (secondary N) is 1. The molecule has 0 aromatic carbocycles. The third-order valence-electron chi connectivity index (χ3n) is 8.21. The minimum absolute atomic E-state index is 0.270. The minimum Gasteiger partial charge on any atom is -0.393 e. The Balaban J connectivity index is 2.74. The van der Waals surface area contributed by atoms with E-state index in [0.717, 1.165) is 44.9 Å². The zero-order valence-electron chi connectivity index (χ0n) is 29.1. The van der Waals surface area contributed by atoms with Crippen LogP contribution >= 0.6 is 7.82 Å². The van der Waals surface area contributed by atoms with E-state index in [2.05, 4.69) is 36.5 Å². The van der Waals surface area contributed by atoms with Gasteiger partial charge in [0.1, 0.15) is 36.6 Å². The number of aliphatic hydroxyl groups excluding tert-OH is 7. The van der Waals surface area contributed by atoms with Crippen LogP contribution in [-0.4, -0.2) is 108 Å². The molecule has 8 unspecified atom stereocenters. The molecule has 1 saturated carbocycles. The summed E-state index contributed by atoms with van der Waals surface area (Å²) in [7, 11) is -5.14. The maximum atomic E-state index is 12.8. The molecule has 1 aliphatic carbocycles. The number of aliphatic hydroxyl groups is 7. The van der Waals surface area contributed by atoms with Gasteiger partial charge in [0.15, 0.2) is 0 Å². The number of hydrogen-bond acceptors (Lipinski definition) is 11. The summed E-state index contributed by atoms with van der Waals surface area (Å²) in [5.74, 6) is -0.625. The summed E-state index contributed by atoms with van der Waals surface area (Å²) in [6.07, 6.45) is 12.8. The van der Waals surface area contributed by atoms with Crippen LogP contribution in [0.5, 0.6) is 0 Å². The van der Waals surface area contributed by atoms with Crippen LogP contribution in [0.25, 0.3) is 0 Å². The smallest absolute Gasteiger partial charge is 0.393 e. The van der Waals surface area contributed by atoms with Gasteiger partial charge in [-0.05, 0) is 64.7 Å². The van der Waals surface area contributed by atoms with Gasteiger partial charge in [-0.25, -0.2) is 4.57 Å². The highest BCUT2D eigenvalue weighted by atomic mass is 31.2. The Bertz CT molecular complexity index is 1040. The van der Waals surface area contributed by atoms with Gasteiger partial charge >= 0.3 is 7.82 Å². The zero-order valence-corrected chi connectivity index (χ0v) is 30.0. The Hall–Kier alpha value is -1.74. The maximum Gasteiger partial charge on any atom is 0.472 e.